The van der Waals surface area contributed by atoms with E-state index in [0.29, 0.717) is 25.3 Å². The van der Waals surface area contributed by atoms with E-state index in [9.17, 15) is 18.3 Å². The molecule has 1 aliphatic rings. The summed E-state index contributed by atoms with van der Waals surface area (Å²) >= 11 is 0. The number of nitrogens with zero attached hydrogens (tertiary/aromatic N) is 1. The van der Waals surface area contributed by atoms with Gasteiger partial charge in [-0.15, -0.1) is 0 Å². The minimum Gasteiger partial charge on any atom is -0.394 e. The van der Waals surface area contributed by atoms with E-state index in [1.807, 2.05) is 0 Å². The third-order valence-corrected chi connectivity index (χ3v) is 3.49. The van der Waals surface area contributed by atoms with Crippen LogP contribution >= 0.6 is 0 Å². The van der Waals surface area contributed by atoms with E-state index in [1.54, 1.807) is 18.0 Å². The Morgan fingerprint density at radius 1 is 1.43 bits per heavy atom. The number of anilines is 1. The Kier molecular flexibility index (Phi) is 5.08. The van der Waals surface area contributed by atoms with Crippen molar-refractivity contribution in [2.24, 2.45) is 0 Å². The zero-order valence-electron chi connectivity index (χ0n) is 11.8. The van der Waals surface area contributed by atoms with E-state index >= 15 is 0 Å². The molecule has 2 N–H and O–H groups in total. The molecule has 0 amide bonds. The van der Waals surface area contributed by atoms with Crippen LogP contribution < -0.4 is 10.2 Å². The average molecular weight is 304 g/mol. The molecule has 1 unspecified atom stereocenters. The maximum atomic E-state index is 13.3. The summed E-state index contributed by atoms with van der Waals surface area (Å²) in [5.74, 6) is 0. The van der Waals surface area contributed by atoms with Gasteiger partial charge >= 0.3 is 6.18 Å². The highest BCUT2D eigenvalue weighted by atomic mass is 19.4. The second kappa shape index (κ2) is 6.64. The molecule has 118 valence electrons. The molecule has 0 aliphatic carbocycles. The molecule has 1 saturated heterocycles. The summed E-state index contributed by atoms with van der Waals surface area (Å²) in [6, 6.07) is 3.86. The standard InChI is InChI=1S/C14H19F3N2O2/c1-18-7-10-2-3-13(12(6-10)14(15,16)17)19-4-5-21-9-11(19)8-20/h2-3,6,11,18,20H,4-5,7-9H2,1H3. The summed E-state index contributed by atoms with van der Waals surface area (Å²) in [6.07, 6.45) is -4.43. The first-order valence-corrected chi connectivity index (χ1v) is 6.77. The maximum absolute atomic E-state index is 13.3. The quantitative estimate of drug-likeness (QED) is 0.887. The molecule has 0 aromatic heterocycles. The van der Waals surface area contributed by atoms with Crippen LogP contribution in [0.25, 0.3) is 0 Å². The van der Waals surface area contributed by atoms with Gasteiger partial charge in [-0.25, -0.2) is 0 Å². The fourth-order valence-electron chi connectivity index (χ4n) is 2.50. The minimum atomic E-state index is -4.43. The number of ether oxygens (including phenoxy) is 1. The first-order chi connectivity index (χ1) is 9.97. The van der Waals surface area contributed by atoms with Gasteiger partial charge in [0.15, 0.2) is 0 Å². The Bertz CT molecular complexity index is 480. The Labute approximate surface area is 121 Å². The van der Waals surface area contributed by atoms with Crippen LogP contribution in [0.15, 0.2) is 18.2 Å². The number of hydrogen-bond donors (Lipinski definition) is 2. The Morgan fingerprint density at radius 3 is 2.81 bits per heavy atom. The second-order valence-corrected chi connectivity index (χ2v) is 4.98. The van der Waals surface area contributed by atoms with E-state index in [0.717, 1.165) is 6.07 Å². The molecule has 1 aromatic rings. The number of hydrogen-bond acceptors (Lipinski definition) is 4. The van der Waals surface area contributed by atoms with Crippen molar-refractivity contribution in [3.05, 3.63) is 29.3 Å². The van der Waals surface area contributed by atoms with Crippen LogP contribution in [-0.4, -0.2) is 44.6 Å². The lowest BCUT2D eigenvalue weighted by Crippen LogP contribution is -2.48. The average Bonchev–Trinajstić information content (AvgIpc) is 2.46. The highest BCUT2D eigenvalue weighted by Crippen LogP contribution is 2.38. The summed E-state index contributed by atoms with van der Waals surface area (Å²) < 4.78 is 45.2. The molecule has 1 atom stereocenters. The lowest BCUT2D eigenvalue weighted by molar-refractivity contribution is -0.137. The van der Waals surface area contributed by atoms with Crippen molar-refractivity contribution in [2.45, 2.75) is 18.8 Å². The molecule has 0 spiro atoms. The number of rotatable bonds is 4. The molecule has 1 aromatic carbocycles. The van der Waals surface area contributed by atoms with Gasteiger partial charge in [-0.3, -0.25) is 0 Å². The Balaban J connectivity index is 2.41. The van der Waals surface area contributed by atoms with Gasteiger partial charge in [0.05, 0.1) is 31.4 Å². The SMILES string of the molecule is CNCc1ccc(N2CCOCC2CO)c(C(F)(F)F)c1. The van der Waals surface area contributed by atoms with Crippen LogP contribution in [0, 0.1) is 0 Å². The molecule has 21 heavy (non-hydrogen) atoms. The van der Waals surface area contributed by atoms with Crippen molar-refractivity contribution in [3.63, 3.8) is 0 Å². The van der Waals surface area contributed by atoms with E-state index in [1.165, 1.54) is 6.07 Å². The fourth-order valence-corrected chi connectivity index (χ4v) is 2.50. The van der Waals surface area contributed by atoms with Crippen molar-refractivity contribution in [3.8, 4) is 0 Å². The van der Waals surface area contributed by atoms with Crippen molar-refractivity contribution >= 4 is 5.69 Å². The molecule has 0 saturated carbocycles. The van der Waals surface area contributed by atoms with Crippen LogP contribution in [0.4, 0.5) is 18.9 Å². The molecular formula is C14H19F3N2O2. The molecule has 7 heteroatoms. The largest absolute Gasteiger partial charge is 0.418 e. The number of halogens is 3. The van der Waals surface area contributed by atoms with Crippen molar-refractivity contribution in [1.82, 2.24) is 5.32 Å². The van der Waals surface area contributed by atoms with E-state index in [-0.39, 0.29) is 18.9 Å². The van der Waals surface area contributed by atoms with Crippen molar-refractivity contribution in [2.75, 3.05) is 38.3 Å². The summed E-state index contributed by atoms with van der Waals surface area (Å²) in [7, 11) is 1.69. The highest BCUT2D eigenvalue weighted by Gasteiger charge is 2.37. The fraction of sp³-hybridized carbons (Fsp3) is 0.571. The maximum Gasteiger partial charge on any atom is 0.418 e. The predicted octanol–water partition coefficient (Wildman–Crippen LogP) is 1.62. The number of aliphatic hydroxyl groups is 1. The number of alkyl halides is 3. The normalized spacial score (nSPS) is 19.9. The summed E-state index contributed by atoms with van der Waals surface area (Å²) in [4.78, 5) is 1.58. The first kappa shape index (κ1) is 16.1. The highest BCUT2D eigenvalue weighted by molar-refractivity contribution is 5.57. The number of benzene rings is 1. The minimum absolute atomic E-state index is 0.102. The van der Waals surface area contributed by atoms with Gasteiger partial charge in [-0.05, 0) is 24.7 Å². The van der Waals surface area contributed by atoms with E-state index in [4.69, 9.17) is 4.74 Å². The van der Waals surface area contributed by atoms with Crippen LogP contribution in [0.2, 0.25) is 0 Å². The molecule has 2 rings (SSSR count). The molecule has 4 nitrogen and oxygen atoms in total. The van der Waals surface area contributed by atoms with Crippen LogP contribution in [0.5, 0.6) is 0 Å². The third kappa shape index (κ3) is 3.66. The Morgan fingerprint density at radius 2 is 2.19 bits per heavy atom. The predicted molar refractivity (Wildman–Crippen MR) is 73.2 cm³/mol. The van der Waals surface area contributed by atoms with Crippen LogP contribution in [0.1, 0.15) is 11.1 Å². The van der Waals surface area contributed by atoms with Gasteiger partial charge in [0.25, 0.3) is 0 Å². The second-order valence-electron chi connectivity index (χ2n) is 4.98. The van der Waals surface area contributed by atoms with Crippen LogP contribution in [-0.2, 0) is 17.5 Å². The summed E-state index contributed by atoms with van der Waals surface area (Å²) in [5, 5.41) is 12.2. The molecule has 1 aliphatic heterocycles. The number of morpholine rings is 1. The zero-order chi connectivity index (χ0) is 15.5. The molecular weight excluding hydrogens is 285 g/mol. The van der Waals surface area contributed by atoms with Gasteiger partial charge in [0.1, 0.15) is 0 Å². The molecule has 0 radical (unpaired) electrons. The van der Waals surface area contributed by atoms with Gasteiger partial charge in [-0.2, -0.15) is 13.2 Å². The monoisotopic (exact) mass is 304 g/mol. The lowest BCUT2D eigenvalue weighted by atomic mass is 10.0. The topological polar surface area (TPSA) is 44.7 Å². The molecule has 0 bridgehead atoms. The number of aliphatic hydroxyl groups excluding tert-OH is 1. The third-order valence-electron chi connectivity index (χ3n) is 3.49. The Hall–Kier alpha value is -1.31. The van der Waals surface area contributed by atoms with Gasteiger partial charge in [-0.1, -0.05) is 6.07 Å². The molecule has 1 heterocycles. The summed E-state index contributed by atoms with van der Waals surface area (Å²) in [6.45, 7) is 1.04. The van der Waals surface area contributed by atoms with Crippen molar-refractivity contribution < 1.29 is 23.0 Å². The number of nitrogens with one attached hydrogen (secondary N) is 1. The zero-order valence-corrected chi connectivity index (χ0v) is 11.8. The summed E-state index contributed by atoms with van der Waals surface area (Å²) in [5.41, 5.74) is 0.00249. The van der Waals surface area contributed by atoms with Gasteiger partial charge in [0.2, 0.25) is 0 Å². The first-order valence-electron chi connectivity index (χ1n) is 6.77. The van der Waals surface area contributed by atoms with Gasteiger partial charge < -0.3 is 20.1 Å². The van der Waals surface area contributed by atoms with Crippen molar-refractivity contribution in [1.29, 1.82) is 0 Å². The van der Waals surface area contributed by atoms with E-state index < -0.39 is 17.8 Å². The lowest BCUT2D eigenvalue weighted by Gasteiger charge is -2.37. The van der Waals surface area contributed by atoms with Gasteiger partial charge in [0, 0.05) is 18.8 Å². The smallest absolute Gasteiger partial charge is 0.394 e. The van der Waals surface area contributed by atoms with E-state index in [2.05, 4.69) is 5.32 Å². The molecule has 1 fully saturated rings. The van der Waals surface area contributed by atoms with Crippen LogP contribution in [0.3, 0.4) is 0 Å².